The Balaban J connectivity index is 1.40. The molecule has 0 spiro atoms. The number of anilines is 2. The van der Waals surface area contributed by atoms with Crippen LogP contribution in [-0.2, 0) is 0 Å². The van der Waals surface area contributed by atoms with Crippen molar-refractivity contribution in [2.45, 2.75) is 12.8 Å². The summed E-state index contributed by atoms with van der Waals surface area (Å²) in [6.45, 7) is 5.26. The molecular formula is C17H21N5OS. The van der Waals surface area contributed by atoms with Crippen molar-refractivity contribution in [3.05, 3.63) is 34.8 Å². The van der Waals surface area contributed by atoms with Gasteiger partial charge >= 0.3 is 0 Å². The fraction of sp³-hybridized carbons (Fsp3) is 0.471. The third-order valence-electron chi connectivity index (χ3n) is 4.73. The van der Waals surface area contributed by atoms with Gasteiger partial charge in [-0.2, -0.15) is 11.3 Å². The van der Waals surface area contributed by atoms with Crippen molar-refractivity contribution in [3.8, 4) is 0 Å². The van der Waals surface area contributed by atoms with Crippen molar-refractivity contribution >= 4 is 28.9 Å². The van der Waals surface area contributed by atoms with Crippen LogP contribution in [0.1, 0.15) is 23.2 Å². The van der Waals surface area contributed by atoms with E-state index in [0.29, 0.717) is 0 Å². The molecule has 2 saturated heterocycles. The maximum atomic E-state index is 12.4. The van der Waals surface area contributed by atoms with Crippen LogP contribution in [0, 0.1) is 0 Å². The van der Waals surface area contributed by atoms with Gasteiger partial charge < -0.3 is 14.7 Å². The van der Waals surface area contributed by atoms with Gasteiger partial charge in [0.2, 0.25) is 0 Å². The van der Waals surface area contributed by atoms with Crippen LogP contribution in [0.15, 0.2) is 29.2 Å². The van der Waals surface area contributed by atoms with Crippen LogP contribution >= 0.6 is 11.3 Å². The summed E-state index contributed by atoms with van der Waals surface area (Å²) >= 11 is 1.56. The lowest BCUT2D eigenvalue weighted by Crippen LogP contribution is -2.49. The van der Waals surface area contributed by atoms with E-state index in [-0.39, 0.29) is 5.91 Å². The fourth-order valence-corrected chi connectivity index (χ4v) is 3.97. The van der Waals surface area contributed by atoms with E-state index in [1.807, 2.05) is 21.7 Å². The molecule has 4 heterocycles. The molecule has 0 radical (unpaired) electrons. The van der Waals surface area contributed by atoms with Gasteiger partial charge in [0.1, 0.15) is 18.0 Å². The van der Waals surface area contributed by atoms with Crippen LogP contribution < -0.4 is 9.80 Å². The van der Waals surface area contributed by atoms with Crippen LogP contribution in [0.3, 0.4) is 0 Å². The van der Waals surface area contributed by atoms with Crippen molar-refractivity contribution < 1.29 is 4.79 Å². The van der Waals surface area contributed by atoms with Crippen LogP contribution in [0.2, 0.25) is 0 Å². The second-order valence-electron chi connectivity index (χ2n) is 6.22. The first kappa shape index (κ1) is 15.4. The summed E-state index contributed by atoms with van der Waals surface area (Å²) in [5, 5.41) is 3.87. The van der Waals surface area contributed by atoms with Gasteiger partial charge in [0.15, 0.2) is 0 Å². The summed E-state index contributed by atoms with van der Waals surface area (Å²) in [5.74, 6) is 2.13. The first-order chi connectivity index (χ1) is 11.8. The van der Waals surface area contributed by atoms with Gasteiger partial charge in [0, 0.05) is 50.7 Å². The minimum atomic E-state index is 0.136. The third kappa shape index (κ3) is 3.08. The van der Waals surface area contributed by atoms with E-state index < -0.39 is 0 Å². The lowest BCUT2D eigenvalue weighted by molar-refractivity contribution is 0.0747. The van der Waals surface area contributed by atoms with E-state index >= 15 is 0 Å². The minimum Gasteiger partial charge on any atom is -0.356 e. The molecule has 4 rings (SSSR count). The monoisotopic (exact) mass is 343 g/mol. The molecule has 0 atom stereocenters. The molecule has 24 heavy (non-hydrogen) atoms. The molecule has 2 aromatic heterocycles. The Labute approximate surface area is 145 Å². The highest BCUT2D eigenvalue weighted by atomic mass is 32.1. The van der Waals surface area contributed by atoms with Gasteiger partial charge in [-0.1, -0.05) is 0 Å². The Hall–Kier alpha value is -2.15. The number of aromatic nitrogens is 2. The molecule has 0 N–H and O–H groups in total. The predicted octanol–water partition coefficient (Wildman–Crippen LogP) is 2.10. The molecule has 0 unspecified atom stereocenters. The Bertz CT molecular complexity index is 691. The molecule has 2 aliphatic heterocycles. The first-order valence-electron chi connectivity index (χ1n) is 8.45. The van der Waals surface area contributed by atoms with Gasteiger partial charge in [-0.25, -0.2) is 9.97 Å². The number of rotatable bonds is 3. The zero-order chi connectivity index (χ0) is 16.4. The molecule has 7 heteroatoms. The Morgan fingerprint density at radius 1 is 0.958 bits per heavy atom. The normalized spacial score (nSPS) is 18.2. The van der Waals surface area contributed by atoms with Gasteiger partial charge in [0.05, 0.1) is 5.56 Å². The molecule has 0 aromatic carbocycles. The van der Waals surface area contributed by atoms with Gasteiger partial charge in [-0.05, 0) is 24.3 Å². The third-order valence-corrected chi connectivity index (χ3v) is 5.41. The van der Waals surface area contributed by atoms with Crippen LogP contribution in [-0.4, -0.2) is 60.0 Å². The second kappa shape index (κ2) is 6.76. The van der Waals surface area contributed by atoms with Gasteiger partial charge in [-0.3, -0.25) is 4.79 Å². The standard InChI is InChI=1S/C17H21N5OS/c23-17(14-3-10-24-12-14)22-8-6-21(7-9-22)16-11-15(18-13-19-16)20-4-1-2-5-20/h3,10-13H,1-2,4-9H2. The maximum Gasteiger partial charge on any atom is 0.254 e. The van der Waals surface area contributed by atoms with Crippen molar-refractivity contribution in [2.75, 3.05) is 49.1 Å². The van der Waals surface area contributed by atoms with E-state index in [9.17, 15) is 4.79 Å². The molecule has 2 fully saturated rings. The summed E-state index contributed by atoms with van der Waals surface area (Å²) in [6, 6.07) is 3.98. The molecule has 0 bridgehead atoms. The predicted molar refractivity (Wildman–Crippen MR) is 95.9 cm³/mol. The molecule has 0 saturated carbocycles. The average Bonchev–Trinajstić information content (AvgIpc) is 3.35. The highest BCUT2D eigenvalue weighted by molar-refractivity contribution is 7.08. The van der Waals surface area contributed by atoms with Crippen molar-refractivity contribution in [1.29, 1.82) is 0 Å². The average molecular weight is 343 g/mol. The first-order valence-corrected chi connectivity index (χ1v) is 9.39. The SMILES string of the molecule is O=C(c1ccsc1)N1CCN(c2cc(N3CCCC3)ncn2)CC1. The zero-order valence-electron chi connectivity index (χ0n) is 13.6. The largest absolute Gasteiger partial charge is 0.356 e. The molecular weight excluding hydrogens is 322 g/mol. The highest BCUT2D eigenvalue weighted by Gasteiger charge is 2.24. The minimum absolute atomic E-state index is 0.136. The Kier molecular flexibility index (Phi) is 4.34. The zero-order valence-corrected chi connectivity index (χ0v) is 14.4. The number of amides is 1. The second-order valence-corrected chi connectivity index (χ2v) is 7.00. The lowest BCUT2D eigenvalue weighted by atomic mass is 10.2. The summed E-state index contributed by atoms with van der Waals surface area (Å²) in [6.07, 6.45) is 4.14. The summed E-state index contributed by atoms with van der Waals surface area (Å²) in [5.41, 5.74) is 0.798. The number of piperazine rings is 1. The van der Waals surface area contributed by atoms with Gasteiger partial charge in [0.25, 0.3) is 5.91 Å². The Morgan fingerprint density at radius 2 is 1.62 bits per heavy atom. The van der Waals surface area contributed by atoms with Crippen molar-refractivity contribution in [3.63, 3.8) is 0 Å². The molecule has 2 aliphatic rings. The van der Waals surface area contributed by atoms with Gasteiger partial charge in [-0.15, -0.1) is 0 Å². The topological polar surface area (TPSA) is 52.6 Å². The maximum absolute atomic E-state index is 12.4. The van der Waals surface area contributed by atoms with Crippen molar-refractivity contribution in [2.24, 2.45) is 0 Å². The summed E-state index contributed by atoms with van der Waals surface area (Å²) in [7, 11) is 0. The lowest BCUT2D eigenvalue weighted by Gasteiger charge is -2.35. The van der Waals surface area contributed by atoms with E-state index in [4.69, 9.17) is 0 Å². The highest BCUT2D eigenvalue weighted by Crippen LogP contribution is 2.22. The summed E-state index contributed by atoms with van der Waals surface area (Å²) in [4.78, 5) is 27.8. The van der Waals surface area contributed by atoms with Crippen LogP contribution in [0.5, 0.6) is 0 Å². The van der Waals surface area contributed by atoms with E-state index in [1.54, 1.807) is 17.7 Å². The number of thiophene rings is 1. The molecule has 6 nitrogen and oxygen atoms in total. The van der Waals surface area contributed by atoms with Crippen LogP contribution in [0.4, 0.5) is 11.6 Å². The van der Waals surface area contributed by atoms with E-state index in [2.05, 4.69) is 25.8 Å². The molecule has 1 amide bonds. The number of hydrogen-bond donors (Lipinski definition) is 0. The number of nitrogens with zero attached hydrogens (tertiary/aromatic N) is 5. The molecule has 2 aromatic rings. The number of hydrogen-bond acceptors (Lipinski definition) is 6. The molecule has 0 aliphatic carbocycles. The molecule has 126 valence electrons. The Morgan fingerprint density at radius 3 is 2.25 bits per heavy atom. The van der Waals surface area contributed by atoms with Crippen LogP contribution in [0.25, 0.3) is 0 Å². The van der Waals surface area contributed by atoms with Crippen molar-refractivity contribution in [1.82, 2.24) is 14.9 Å². The van der Waals surface area contributed by atoms with E-state index in [1.165, 1.54) is 12.8 Å². The smallest absolute Gasteiger partial charge is 0.254 e. The summed E-state index contributed by atoms with van der Waals surface area (Å²) < 4.78 is 0. The quantitative estimate of drug-likeness (QED) is 0.854. The number of carbonyl (C=O) groups is 1. The van der Waals surface area contributed by atoms with E-state index in [0.717, 1.165) is 56.5 Å². The number of carbonyl (C=O) groups excluding carboxylic acids is 1. The fourth-order valence-electron chi connectivity index (χ4n) is 3.34.